The maximum absolute atomic E-state index is 12.5. The van der Waals surface area contributed by atoms with Crippen molar-refractivity contribution < 1.29 is 4.79 Å². The minimum Gasteiger partial charge on any atom is -0.351 e. The standard InChI is InChI=1S/C14H16N8O/c1-19(14(23)11-5-6-16-20(11)2)10-7-21(8-10)13-4-3-12-17-15-9-22(12)18-13/h3-6,9-10H,7-8H2,1-2H3. The summed E-state index contributed by atoms with van der Waals surface area (Å²) in [5.41, 5.74) is 1.31. The molecule has 1 aliphatic heterocycles. The van der Waals surface area contributed by atoms with Gasteiger partial charge in [0.05, 0.1) is 6.04 Å². The molecule has 4 rings (SSSR count). The molecule has 0 N–H and O–H groups in total. The van der Waals surface area contributed by atoms with Crippen molar-refractivity contribution >= 4 is 17.4 Å². The number of nitrogens with zero attached hydrogens (tertiary/aromatic N) is 8. The third-order valence-corrected chi connectivity index (χ3v) is 4.24. The van der Waals surface area contributed by atoms with Crippen LogP contribution in [0.4, 0.5) is 5.82 Å². The van der Waals surface area contributed by atoms with Crippen LogP contribution >= 0.6 is 0 Å². The molecule has 0 aromatic carbocycles. The lowest BCUT2D eigenvalue weighted by Gasteiger charge is -2.44. The molecule has 23 heavy (non-hydrogen) atoms. The lowest BCUT2D eigenvalue weighted by Crippen LogP contribution is -2.60. The monoisotopic (exact) mass is 312 g/mol. The van der Waals surface area contributed by atoms with Crippen LogP contribution in [0.2, 0.25) is 0 Å². The highest BCUT2D eigenvalue weighted by Gasteiger charge is 2.34. The topological polar surface area (TPSA) is 84.5 Å². The number of aromatic nitrogens is 6. The molecule has 4 heterocycles. The molecule has 3 aromatic heterocycles. The molecule has 1 aliphatic rings. The van der Waals surface area contributed by atoms with Gasteiger partial charge in [0.15, 0.2) is 5.65 Å². The molecule has 0 unspecified atom stereocenters. The molecule has 0 spiro atoms. The zero-order valence-corrected chi connectivity index (χ0v) is 12.9. The molecule has 9 heteroatoms. The Labute approximate surface area is 132 Å². The van der Waals surface area contributed by atoms with Crippen LogP contribution in [0.15, 0.2) is 30.7 Å². The number of amides is 1. The van der Waals surface area contributed by atoms with Gasteiger partial charge in [-0.05, 0) is 18.2 Å². The van der Waals surface area contributed by atoms with Gasteiger partial charge in [-0.2, -0.15) is 9.61 Å². The van der Waals surface area contributed by atoms with E-state index < -0.39 is 0 Å². The summed E-state index contributed by atoms with van der Waals surface area (Å²) >= 11 is 0. The van der Waals surface area contributed by atoms with E-state index in [0.717, 1.165) is 18.9 Å². The van der Waals surface area contributed by atoms with Crippen LogP contribution in [0.25, 0.3) is 5.65 Å². The van der Waals surface area contributed by atoms with Crippen molar-refractivity contribution in [3.8, 4) is 0 Å². The molecule has 1 saturated heterocycles. The maximum Gasteiger partial charge on any atom is 0.272 e. The summed E-state index contributed by atoms with van der Waals surface area (Å²) in [5.74, 6) is 0.840. The second-order valence-corrected chi connectivity index (χ2v) is 5.64. The summed E-state index contributed by atoms with van der Waals surface area (Å²) in [7, 11) is 3.60. The number of rotatable bonds is 3. The number of hydrogen-bond donors (Lipinski definition) is 0. The van der Waals surface area contributed by atoms with E-state index in [9.17, 15) is 4.79 Å². The predicted octanol–water partition coefficient (Wildman–Crippen LogP) is -0.181. The summed E-state index contributed by atoms with van der Waals surface area (Å²) in [5, 5.41) is 16.3. The number of carbonyl (C=O) groups is 1. The summed E-state index contributed by atoms with van der Waals surface area (Å²) in [6.45, 7) is 1.50. The fourth-order valence-electron chi connectivity index (χ4n) is 2.70. The van der Waals surface area contributed by atoms with Gasteiger partial charge >= 0.3 is 0 Å². The number of likely N-dealkylation sites (N-methyl/N-ethyl adjacent to an activating group) is 1. The Hall–Kier alpha value is -2.97. The van der Waals surface area contributed by atoms with Crippen LogP contribution in [0.3, 0.4) is 0 Å². The summed E-state index contributed by atoms with van der Waals surface area (Å²) in [6.07, 6.45) is 3.21. The highest BCUT2D eigenvalue weighted by molar-refractivity contribution is 5.92. The Morgan fingerprint density at radius 1 is 1.30 bits per heavy atom. The van der Waals surface area contributed by atoms with Gasteiger partial charge in [0.1, 0.15) is 17.8 Å². The number of aryl methyl sites for hydroxylation is 1. The first-order valence-corrected chi connectivity index (χ1v) is 7.30. The van der Waals surface area contributed by atoms with E-state index in [1.165, 1.54) is 0 Å². The van der Waals surface area contributed by atoms with E-state index >= 15 is 0 Å². The van der Waals surface area contributed by atoms with Gasteiger partial charge in [0.2, 0.25) is 0 Å². The summed E-state index contributed by atoms with van der Waals surface area (Å²) < 4.78 is 3.24. The fraction of sp³-hybridized carbons (Fsp3) is 0.357. The zero-order chi connectivity index (χ0) is 16.0. The number of fused-ring (bicyclic) bond motifs is 1. The van der Waals surface area contributed by atoms with Crippen LogP contribution in [0.1, 0.15) is 10.5 Å². The van der Waals surface area contributed by atoms with E-state index in [0.29, 0.717) is 11.3 Å². The van der Waals surface area contributed by atoms with Crippen LogP contribution in [0, 0.1) is 0 Å². The third-order valence-electron chi connectivity index (χ3n) is 4.24. The van der Waals surface area contributed by atoms with Crippen LogP contribution in [-0.2, 0) is 7.05 Å². The second kappa shape index (κ2) is 5.04. The third kappa shape index (κ3) is 2.20. The maximum atomic E-state index is 12.5. The van der Waals surface area contributed by atoms with Crippen molar-refractivity contribution in [3.05, 3.63) is 36.4 Å². The molecule has 9 nitrogen and oxygen atoms in total. The Bertz CT molecular complexity index is 862. The van der Waals surface area contributed by atoms with E-state index in [2.05, 4.69) is 25.3 Å². The van der Waals surface area contributed by atoms with Crippen LogP contribution in [0.5, 0.6) is 0 Å². The normalized spacial score (nSPS) is 15.0. The van der Waals surface area contributed by atoms with Crippen LogP contribution in [-0.4, -0.2) is 66.6 Å². The minimum absolute atomic E-state index is 0.0168. The van der Waals surface area contributed by atoms with Crippen molar-refractivity contribution in [2.75, 3.05) is 25.0 Å². The van der Waals surface area contributed by atoms with Crippen molar-refractivity contribution in [2.45, 2.75) is 6.04 Å². The lowest BCUT2D eigenvalue weighted by atomic mass is 10.1. The fourth-order valence-corrected chi connectivity index (χ4v) is 2.70. The molecular weight excluding hydrogens is 296 g/mol. The second-order valence-electron chi connectivity index (χ2n) is 5.64. The molecule has 0 bridgehead atoms. The highest BCUT2D eigenvalue weighted by atomic mass is 16.2. The Balaban J connectivity index is 1.44. The molecule has 0 aliphatic carbocycles. The van der Waals surface area contributed by atoms with E-state index in [-0.39, 0.29) is 11.9 Å². The van der Waals surface area contributed by atoms with Gasteiger partial charge in [-0.15, -0.1) is 15.3 Å². The first kappa shape index (κ1) is 13.7. The smallest absolute Gasteiger partial charge is 0.272 e. The minimum atomic E-state index is -0.0168. The average molecular weight is 312 g/mol. The first-order valence-electron chi connectivity index (χ1n) is 7.30. The van der Waals surface area contributed by atoms with Gasteiger partial charge < -0.3 is 9.80 Å². The van der Waals surface area contributed by atoms with Gasteiger partial charge in [0, 0.05) is 33.4 Å². The highest BCUT2D eigenvalue weighted by Crippen LogP contribution is 2.22. The zero-order valence-electron chi connectivity index (χ0n) is 12.9. The number of carbonyl (C=O) groups excluding carboxylic acids is 1. The van der Waals surface area contributed by atoms with E-state index in [1.807, 2.05) is 19.2 Å². The quantitative estimate of drug-likeness (QED) is 0.667. The van der Waals surface area contributed by atoms with E-state index in [4.69, 9.17) is 0 Å². The average Bonchev–Trinajstić information content (AvgIpc) is 3.12. The van der Waals surface area contributed by atoms with Gasteiger partial charge in [-0.3, -0.25) is 9.48 Å². The molecule has 0 atom stereocenters. The molecule has 118 valence electrons. The molecule has 1 fully saturated rings. The Morgan fingerprint density at radius 2 is 2.13 bits per heavy atom. The molecule has 0 saturated carbocycles. The van der Waals surface area contributed by atoms with Crippen LogP contribution < -0.4 is 4.90 Å². The van der Waals surface area contributed by atoms with Crippen molar-refractivity contribution in [1.29, 1.82) is 0 Å². The first-order chi connectivity index (χ1) is 11.1. The molecule has 0 radical (unpaired) electrons. The summed E-state index contributed by atoms with van der Waals surface area (Å²) in [4.78, 5) is 16.3. The van der Waals surface area contributed by atoms with Crippen molar-refractivity contribution in [2.24, 2.45) is 7.05 Å². The largest absolute Gasteiger partial charge is 0.351 e. The lowest BCUT2D eigenvalue weighted by molar-refractivity contribution is 0.0694. The van der Waals surface area contributed by atoms with Gasteiger partial charge in [0.25, 0.3) is 5.91 Å². The predicted molar refractivity (Wildman–Crippen MR) is 82.1 cm³/mol. The number of anilines is 1. The van der Waals surface area contributed by atoms with Crippen molar-refractivity contribution in [3.63, 3.8) is 0 Å². The van der Waals surface area contributed by atoms with Crippen molar-refractivity contribution in [1.82, 2.24) is 34.5 Å². The molecule has 3 aromatic rings. The van der Waals surface area contributed by atoms with Gasteiger partial charge in [-0.25, -0.2) is 0 Å². The summed E-state index contributed by atoms with van der Waals surface area (Å²) in [6, 6.07) is 5.70. The van der Waals surface area contributed by atoms with E-state index in [1.54, 1.807) is 39.7 Å². The molecule has 1 amide bonds. The SMILES string of the molecule is CN(C(=O)c1ccnn1C)C1CN(c2ccc3nncn3n2)C1. The Kier molecular flexibility index (Phi) is 3.00. The molecular formula is C14H16N8O. The Morgan fingerprint density at radius 3 is 2.87 bits per heavy atom. The number of hydrogen-bond acceptors (Lipinski definition) is 6. The van der Waals surface area contributed by atoms with Gasteiger partial charge in [-0.1, -0.05) is 0 Å².